The highest BCUT2D eigenvalue weighted by Crippen LogP contribution is 2.15. The Morgan fingerprint density at radius 3 is 2.16 bits per heavy atom. The molecule has 0 aliphatic carbocycles. The Kier molecular flexibility index (Phi) is 9.71. The lowest BCUT2D eigenvalue weighted by atomic mass is 10.1. The first-order valence-electron chi connectivity index (χ1n) is 9.97. The van der Waals surface area contributed by atoms with Gasteiger partial charge in [-0.15, -0.1) is 4.68 Å². The molecule has 1 aliphatic heterocycles. The summed E-state index contributed by atoms with van der Waals surface area (Å²) in [6, 6.07) is 10.4. The molecule has 1 aliphatic rings. The molecule has 0 aromatic heterocycles. The topological polar surface area (TPSA) is 41.4 Å². The lowest BCUT2D eigenvalue weighted by Gasteiger charge is -2.12. The number of hydrogen-bond donors (Lipinski definition) is 1. The maximum Gasteiger partial charge on any atom is 0.329 e. The number of benzene rings is 1. The minimum absolute atomic E-state index is 0.843. The number of nitrogens with zero attached hydrogens (tertiary/aromatic N) is 2. The van der Waals surface area contributed by atoms with Crippen molar-refractivity contribution in [3.05, 3.63) is 35.9 Å². The molecule has 1 aromatic rings. The van der Waals surface area contributed by atoms with Crippen LogP contribution in [0.1, 0.15) is 76.7 Å². The standard InChI is InChI=1S/C21H33N3S/c1-2-3-4-5-6-7-8-9-10-14-17-24-21(22)25-18-20(23-24)19-15-12-11-13-16-19/h11-13,15-16,22H,2-10,14,17-18H2,1H3/p+1. The summed E-state index contributed by atoms with van der Waals surface area (Å²) in [5, 5.41) is 5.62. The van der Waals surface area contributed by atoms with Gasteiger partial charge < -0.3 is 0 Å². The van der Waals surface area contributed by atoms with E-state index in [2.05, 4.69) is 31.2 Å². The van der Waals surface area contributed by atoms with Crippen LogP contribution in [0.15, 0.2) is 35.4 Å². The van der Waals surface area contributed by atoms with Crippen molar-refractivity contribution < 1.29 is 4.68 Å². The van der Waals surface area contributed by atoms with E-state index in [9.17, 15) is 0 Å². The second-order valence-electron chi connectivity index (χ2n) is 6.84. The Labute approximate surface area is 157 Å². The Hall–Kier alpha value is -1.29. The molecule has 0 saturated carbocycles. The van der Waals surface area contributed by atoms with Crippen LogP contribution in [0.25, 0.3) is 0 Å². The summed E-state index contributed by atoms with van der Waals surface area (Å²) < 4.78 is 2.00. The Bertz CT molecular complexity index is 552. The molecule has 0 radical (unpaired) electrons. The van der Waals surface area contributed by atoms with E-state index < -0.39 is 0 Å². The highest BCUT2D eigenvalue weighted by Gasteiger charge is 2.19. The molecule has 1 aromatic carbocycles. The number of unbranched alkanes of at least 4 members (excludes halogenated alkanes) is 9. The van der Waals surface area contributed by atoms with E-state index in [0.29, 0.717) is 0 Å². The fourth-order valence-electron chi connectivity index (χ4n) is 3.12. The number of thioether (sulfide) groups is 1. The van der Waals surface area contributed by atoms with Gasteiger partial charge in [0, 0.05) is 5.56 Å². The van der Waals surface area contributed by atoms with Crippen LogP contribution in [-0.4, -0.2) is 27.9 Å². The lowest BCUT2D eigenvalue weighted by molar-refractivity contribution is -0.532. The van der Waals surface area contributed by atoms with Crippen molar-refractivity contribution in [1.82, 2.24) is 0 Å². The zero-order chi connectivity index (χ0) is 17.7. The average molecular weight is 361 g/mol. The van der Waals surface area contributed by atoms with Crippen molar-refractivity contribution in [2.45, 2.75) is 71.1 Å². The van der Waals surface area contributed by atoms with Gasteiger partial charge in [0.05, 0.1) is 5.75 Å². The van der Waals surface area contributed by atoms with Gasteiger partial charge >= 0.3 is 5.17 Å². The van der Waals surface area contributed by atoms with E-state index in [1.54, 1.807) is 11.8 Å². The first kappa shape index (κ1) is 20.0. The fourth-order valence-corrected chi connectivity index (χ4v) is 3.91. The Morgan fingerprint density at radius 2 is 1.52 bits per heavy atom. The highest BCUT2D eigenvalue weighted by molar-refractivity contribution is 8.14. The van der Waals surface area contributed by atoms with Crippen molar-refractivity contribution in [2.24, 2.45) is 10.8 Å². The molecule has 4 heteroatoms. The normalized spacial score (nSPS) is 14.7. The third-order valence-electron chi connectivity index (χ3n) is 4.68. The molecule has 2 rings (SSSR count). The summed E-state index contributed by atoms with van der Waals surface area (Å²) in [4.78, 5) is 0. The monoisotopic (exact) mass is 360 g/mol. The molecule has 3 nitrogen and oxygen atoms in total. The molecule has 1 heterocycles. The predicted octanol–water partition coefficient (Wildman–Crippen LogP) is 5.39. The van der Waals surface area contributed by atoms with Crippen LogP contribution in [0.3, 0.4) is 0 Å². The molecule has 25 heavy (non-hydrogen) atoms. The molecule has 0 spiro atoms. The maximum atomic E-state index is 6.14. The van der Waals surface area contributed by atoms with Crippen LogP contribution in [0, 0.1) is 0 Å². The van der Waals surface area contributed by atoms with Gasteiger partial charge in [0.2, 0.25) is 0 Å². The van der Waals surface area contributed by atoms with Gasteiger partial charge in [-0.1, -0.05) is 93.7 Å². The summed E-state index contributed by atoms with van der Waals surface area (Å²) in [6.45, 7) is 3.21. The van der Waals surface area contributed by atoms with Crippen molar-refractivity contribution in [2.75, 3.05) is 12.3 Å². The number of amidine groups is 1. The second-order valence-corrected chi connectivity index (χ2v) is 7.84. The summed E-state index contributed by atoms with van der Waals surface area (Å²) in [5.74, 6) is 0.865. The lowest BCUT2D eigenvalue weighted by Crippen LogP contribution is -2.30. The molecule has 0 atom stereocenters. The van der Waals surface area contributed by atoms with Crippen molar-refractivity contribution in [3.8, 4) is 0 Å². The number of rotatable bonds is 12. The van der Waals surface area contributed by atoms with E-state index in [0.717, 1.165) is 23.2 Å². The van der Waals surface area contributed by atoms with Gasteiger partial charge in [0.25, 0.3) is 0 Å². The average Bonchev–Trinajstić information content (AvgIpc) is 2.65. The number of hydrogen-bond acceptors (Lipinski definition) is 3. The Morgan fingerprint density at radius 1 is 0.920 bits per heavy atom. The van der Waals surface area contributed by atoms with Crippen LogP contribution >= 0.6 is 11.8 Å². The number of hydrazone groups is 1. The third kappa shape index (κ3) is 7.64. The molecular formula is C21H34N3S+. The second kappa shape index (κ2) is 12.1. The predicted molar refractivity (Wildman–Crippen MR) is 112 cm³/mol. The molecule has 0 fully saturated rings. The fraction of sp³-hybridized carbons (Fsp3) is 0.619. The van der Waals surface area contributed by atoms with Crippen molar-refractivity contribution in [1.29, 1.82) is 0 Å². The highest BCUT2D eigenvalue weighted by atomic mass is 32.2. The smallest absolute Gasteiger partial charge is 0.280 e. The van der Waals surface area contributed by atoms with E-state index in [4.69, 9.17) is 10.8 Å². The quantitative estimate of drug-likeness (QED) is 0.401. The summed E-state index contributed by atoms with van der Waals surface area (Å²) in [5.41, 5.74) is 8.47. The van der Waals surface area contributed by atoms with Gasteiger partial charge in [0.15, 0.2) is 0 Å². The van der Waals surface area contributed by atoms with Gasteiger partial charge in [-0.3, -0.25) is 5.73 Å². The zero-order valence-electron chi connectivity index (χ0n) is 15.8. The number of nitrogens with two attached hydrogens (primary N) is 1. The van der Waals surface area contributed by atoms with Crippen LogP contribution in [0.4, 0.5) is 0 Å². The summed E-state index contributed by atoms with van der Waals surface area (Å²) >= 11 is 1.70. The molecule has 138 valence electrons. The van der Waals surface area contributed by atoms with Crippen LogP contribution < -0.4 is 5.73 Å². The van der Waals surface area contributed by atoms with Gasteiger partial charge in [-0.05, 0) is 24.6 Å². The van der Waals surface area contributed by atoms with E-state index in [1.807, 2.05) is 10.8 Å². The van der Waals surface area contributed by atoms with Gasteiger partial charge in [-0.2, -0.15) is 0 Å². The largest absolute Gasteiger partial charge is 0.329 e. The SMILES string of the molecule is CCCCCCCCCCCC[N+]1=C(N)SCC(c2ccccc2)=N1. The van der Waals surface area contributed by atoms with Crippen molar-refractivity contribution in [3.63, 3.8) is 0 Å². The van der Waals surface area contributed by atoms with Gasteiger partial charge in [-0.25, -0.2) is 0 Å². The molecule has 0 bridgehead atoms. The molecule has 0 saturated heterocycles. The Balaban J connectivity index is 1.64. The zero-order valence-corrected chi connectivity index (χ0v) is 16.6. The van der Waals surface area contributed by atoms with Crippen molar-refractivity contribution >= 4 is 22.6 Å². The summed E-state index contributed by atoms with van der Waals surface area (Å²) in [7, 11) is 0. The third-order valence-corrected chi connectivity index (χ3v) is 5.61. The molecule has 2 N–H and O–H groups in total. The van der Waals surface area contributed by atoms with Crippen LogP contribution in [0.2, 0.25) is 0 Å². The van der Waals surface area contributed by atoms with Gasteiger partial charge in [0.1, 0.15) is 12.3 Å². The first-order valence-corrected chi connectivity index (χ1v) is 11.0. The van der Waals surface area contributed by atoms with Crippen LogP contribution in [-0.2, 0) is 0 Å². The maximum absolute atomic E-state index is 6.14. The van der Waals surface area contributed by atoms with E-state index >= 15 is 0 Å². The first-order chi connectivity index (χ1) is 12.3. The van der Waals surface area contributed by atoms with E-state index in [-0.39, 0.29) is 0 Å². The van der Waals surface area contributed by atoms with Crippen LogP contribution in [0.5, 0.6) is 0 Å². The van der Waals surface area contributed by atoms with E-state index in [1.165, 1.54) is 69.8 Å². The summed E-state index contributed by atoms with van der Waals surface area (Å²) in [6.07, 6.45) is 13.5. The minimum atomic E-state index is 0.843. The molecule has 0 unspecified atom stereocenters. The molecule has 0 amide bonds. The molecular weight excluding hydrogens is 326 g/mol. The minimum Gasteiger partial charge on any atom is -0.280 e.